The molecule has 184 valence electrons. The van der Waals surface area contributed by atoms with Gasteiger partial charge in [0, 0.05) is 16.7 Å². The maximum absolute atomic E-state index is 13.8. The van der Waals surface area contributed by atoms with Crippen LogP contribution in [-0.2, 0) is 14.8 Å². The fourth-order valence-corrected chi connectivity index (χ4v) is 7.28. The highest BCUT2D eigenvalue weighted by molar-refractivity contribution is 8.00. The van der Waals surface area contributed by atoms with Crippen LogP contribution in [0.25, 0.3) is 0 Å². The molecular weight excluding hydrogens is 482 g/mol. The Morgan fingerprint density at radius 3 is 2.06 bits per heavy atom. The summed E-state index contributed by atoms with van der Waals surface area (Å²) >= 11 is 1.50. The van der Waals surface area contributed by atoms with Gasteiger partial charge in [0.05, 0.1) is 24.0 Å². The summed E-state index contributed by atoms with van der Waals surface area (Å²) in [7, 11) is -2.35. The quantitative estimate of drug-likeness (QED) is 0.463. The van der Waals surface area contributed by atoms with E-state index in [1.54, 1.807) is 43.5 Å². The SMILES string of the molecule is COc1ccc([C@@H]2C[C@@H](Sc3ccc(C)cc3)[C@H](C(=O)O)CN2S(=O)(=O)c2ccc(C)cc2)cc1. The van der Waals surface area contributed by atoms with E-state index in [0.29, 0.717) is 12.2 Å². The lowest BCUT2D eigenvalue weighted by atomic mass is 9.90. The molecule has 3 atom stereocenters. The van der Waals surface area contributed by atoms with Crippen molar-refractivity contribution in [2.75, 3.05) is 13.7 Å². The second kappa shape index (κ2) is 10.4. The normalized spacial score (nSPS) is 20.9. The van der Waals surface area contributed by atoms with E-state index in [4.69, 9.17) is 4.74 Å². The van der Waals surface area contributed by atoms with E-state index in [9.17, 15) is 18.3 Å². The van der Waals surface area contributed by atoms with Gasteiger partial charge in [-0.25, -0.2) is 8.42 Å². The van der Waals surface area contributed by atoms with Crippen LogP contribution in [0.2, 0.25) is 0 Å². The number of hydrogen-bond acceptors (Lipinski definition) is 5. The van der Waals surface area contributed by atoms with E-state index >= 15 is 0 Å². The summed E-state index contributed by atoms with van der Waals surface area (Å²) in [4.78, 5) is 13.5. The standard InChI is InChI=1S/C27H29NO5S2/c1-18-4-12-22(13-5-18)34-26-16-25(20-8-10-21(33-3)11-9-20)28(17-24(26)27(29)30)35(31,32)23-14-6-19(2)7-15-23/h4-15,24-26H,16-17H2,1-3H3,(H,29,30)/t24-,25+,26-/m1/s1. The van der Waals surface area contributed by atoms with E-state index < -0.39 is 28.0 Å². The van der Waals surface area contributed by atoms with Crippen molar-refractivity contribution in [1.82, 2.24) is 4.31 Å². The molecule has 0 aromatic heterocycles. The number of methoxy groups -OCH3 is 1. The Hall–Kier alpha value is -2.81. The molecule has 1 heterocycles. The number of carbonyl (C=O) groups is 1. The van der Waals surface area contributed by atoms with Gasteiger partial charge < -0.3 is 9.84 Å². The Morgan fingerprint density at radius 1 is 0.943 bits per heavy atom. The predicted molar refractivity (Wildman–Crippen MR) is 137 cm³/mol. The van der Waals surface area contributed by atoms with Gasteiger partial charge in [0.2, 0.25) is 10.0 Å². The number of sulfonamides is 1. The van der Waals surface area contributed by atoms with E-state index in [1.165, 1.54) is 16.1 Å². The van der Waals surface area contributed by atoms with E-state index in [2.05, 4.69) is 0 Å². The molecule has 1 saturated heterocycles. The van der Waals surface area contributed by atoms with Gasteiger partial charge in [0.1, 0.15) is 5.75 Å². The molecule has 0 radical (unpaired) electrons. The Balaban J connectivity index is 1.75. The third kappa shape index (κ3) is 5.55. The fraction of sp³-hybridized carbons (Fsp3) is 0.296. The lowest BCUT2D eigenvalue weighted by Crippen LogP contribution is -2.49. The van der Waals surface area contributed by atoms with Gasteiger partial charge >= 0.3 is 5.97 Å². The second-order valence-electron chi connectivity index (χ2n) is 8.83. The first kappa shape index (κ1) is 25.3. The van der Waals surface area contributed by atoms with Crippen LogP contribution in [-0.4, -0.2) is 42.7 Å². The molecule has 1 aliphatic heterocycles. The van der Waals surface area contributed by atoms with Gasteiger partial charge in [-0.1, -0.05) is 47.5 Å². The molecule has 0 spiro atoms. The van der Waals surface area contributed by atoms with Crippen molar-refractivity contribution in [2.24, 2.45) is 5.92 Å². The highest BCUT2D eigenvalue weighted by atomic mass is 32.2. The number of benzene rings is 3. The van der Waals surface area contributed by atoms with Crippen LogP contribution in [0.4, 0.5) is 0 Å². The van der Waals surface area contributed by atoms with Crippen LogP contribution in [0, 0.1) is 19.8 Å². The van der Waals surface area contributed by atoms with Crippen molar-refractivity contribution in [3.05, 3.63) is 89.5 Å². The number of piperidine rings is 1. The highest BCUT2D eigenvalue weighted by Gasteiger charge is 2.45. The van der Waals surface area contributed by atoms with E-state index in [1.807, 2.05) is 50.2 Å². The number of nitrogens with zero attached hydrogens (tertiary/aromatic N) is 1. The molecule has 0 saturated carbocycles. The van der Waals surface area contributed by atoms with Crippen molar-refractivity contribution in [3.8, 4) is 5.75 Å². The van der Waals surface area contributed by atoms with Gasteiger partial charge in [0.25, 0.3) is 0 Å². The number of thioether (sulfide) groups is 1. The third-order valence-corrected chi connectivity index (χ3v) is 9.64. The summed E-state index contributed by atoms with van der Waals surface area (Å²) in [5.41, 5.74) is 2.88. The Labute approximate surface area is 211 Å². The molecule has 1 fully saturated rings. The average molecular weight is 512 g/mol. The molecule has 0 bridgehead atoms. The molecule has 0 unspecified atom stereocenters. The molecule has 3 aromatic carbocycles. The van der Waals surface area contributed by atoms with E-state index in [-0.39, 0.29) is 16.7 Å². The monoisotopic (exact) mass is 511 g/mol. The van der Waals surface area contributed by atoms with Crippen molar-refractivity contribution >= 4 is 27.8 Å². The first-order valence-electron chi connectivity index (χ1n) is 11.4. The van der Waals surface area contributed by atoms with Gasteiger partial charge in [0.15, 0.2) is 0 Å². The molecule has 0 amide bonds. The van der Waals surface area contributed by atoms with Crippen LogP contribution in [0.5, 0.6) is 5.75 Å². The molecule has 3 aromatic rings. The number of aliphatic carboxylic acids is 1. The van der Waals surface area contributed by atoms with E-state index in [0.717, 1.165) is 21.6 Å². The highest BCUT2D eigenvalue weighted by Crippen LogP contribution is 2.44. The first-order chi connectivity index (χ1) is 16.7. The number of ether oxygens (including phenoxy) is 1. The van der Waals surface area contributed by atoms with Gasteiger partial charge in [-0.05, 0) is 62.2 Å². The minimum absolute atomic E-state index is 0.105. The van der Waals surface area contributed by atoms with Gasteiger partial charge in [-0.3, -0.25) is 4.79 Å². The van der Waals surface area contributed by atoms with Crippen molar-refractivity contribution in [1.29, 1.82) is 0 Å². The zero-order chi connectivity index (χ0) is 25.2. The molecule has 1 aliphatic rings. The lowest BCUT2D eigenvalue weighted by Gasteiger charge is -2.41. The van der Waals surface area contributed by atoms with Gasteiger partial charge in [-0.15, -0.1) is 11.8 Å². The number of carboxylic acids is 1. The Kier molecular flexibility index (Phi) is 7.54. The topological polar surface area (TPSA) is 83.9 Å². The van der Waals surface area contributed by atoms with Crippen molar-refractivity contribution in [2.45, 2.75) is 41.4 Å². The lowest BCUT2D eigenvalue weighted by molar-refractivity contribution is -0.143. The molecule has 8 heteroatoms. The molecule has 0 aliphatic carbocycles. The van der Waals surface area contributed by atoms with Crippen molar-refractivity contribution in [3.63, 3.8) is 0 Å². The summed E-state index contributed by atoms with van der Waals surface area (Å²) in [5.74, 6) is -1.17. The summed E-state index contributed by atoms with van der Waals surface area (Å²) in [5, 5.41) is 9.80. The van der Waals surface area contributed by atoms with Crippen LogP contribution >= 0.6 is 11.8 Å². The smallest absolute Gasteiger partial charge is 0.308 e. The number of carboxylic acid groups (broad SMARTS) is 1. The molecule has 35 heavy (non-hydrogen) atoms. The Bertz CT molecular complexity index is 1270. The number of hydrogen-bond donors (Lipinski definition) is 1. The minimum Gasteiger partial charge on any atom is -0.497 e. The van der Waals surface area contributed by atoms with Crippen LogP contribution in [0.1, 0.15) is 29.2 Å². The molecule has 6 nitrogen and oxygen atoms in total. The summed E-state index contributed by atoms with van der Waals surface area (Å²) < 4.78 is 34.2. The fourth-order valence-electron chi connectivity index (χ4n) is 4.34. The summed E-state index contributed by atoms with van der Waals surface area (Å²) in [6, 6.07) is 21.4. The van der Waals surface area contributed by atoms with Crippen LogP contribution < -0.4 is 4.74 Å². The van der Waals surface area contributed by atoms with Crippen LogP contribution in [0.3, 0.4) is 0 Å². The second-order valence-corrected chi connectivity index (χ2v) is 12.0. The molecule has 4 rings (SSSR count). The average Bonchev–Trinajstić information content (AvgIpc) is 2.85. The zero-order valence-electron chi connectivity index (χ0n) is 19.9. The minimum atomic E-state index is -3.93. The first-order valence-corrected chi connectivity index (χ1v) is 13.7. The largest absolute Gasteiger partial charge is 0.497 e. The summed E-state index contributed by atoms with van der Waals surface area (Å²) in [6.45, 7) is 3.79. The van der Waals surface area contributed by atoms with Crippen LogP contribution in [0.15, 0.2) is 82.6 Å². The molecular formula is C27H29NO5S2. The Morgan fingerprint density at radius 2 is 1.51 bits per heavy atom. The molecule has 1 N–H and O–H groups in total. The predicted octanol–water partition coefficient (Wildman–Crippen LogP) is 5.31. The maximum Gasteiger partial charge on any atom is 0.308 e. The summed E-state index contributed by atoms with van der Waals surface area (Å²) in [6.07, 6.45) is 0.368. The third-order valence-electron chi connectivity index (χ3n) is 6.38. The number of rotatable bonds is 7. The zero-order valence-corrected chi connectivity index (χ0v) is 21.6. The van der Waals surface area contributed by atoms with Crippen molar-refractivity contribution < 1.29 is 23.1 Å². The maximum atomic E-state index is 13.8. The number of aryl methyl sites for hydroxylation is 2. The van der Waals surface area contributed by atoms with Gasteiger partial charge in [-0.2, -0.15) is 4.31 Å².